The van der Waals surface area contributed by atoms with Crippen LogP contribution < -0.4 is 4.74 Å². The molecular formula is C17H23NO2. The van der Waals surface area contributed by atoms with E-state index < -0.39 is 5.60 Å². The average molecular weight is 273 g/mol. The minimum absolute atomic E-state index is 0.298. The number of likely N-dealkylation sites (N-methyl/N-ethyl adjacent to an activating group) is 1. The van der Waals surface area contributed by atoms with Crippen LogP contribution in [0.4, 0.5) is 0 Å². The maximum atomic E-state index is 10.4. The van der Waals surface area contributed by atoms with Crippen LogP contribution in [0, 0.1) is 12.3 Å². The maximum absolute atomic E-state index is 10.4. The minimum Gasteiger partial charge on any atom is -0.481 e. The molecule has 0 heterocycles. The highest BCUT2D eigenvalue weighted by Crippen LogP contribution is 2.30. The molecule has 1 N–H and O–H groups in total. The Morgan fingerprint density at radius 1 is 1.30 bits per heavy atom. The molecule has 1 fully saturated rings. The first kappa shape index (κ1) is 14.9. The van der Waals surface area contributed by atoms with Gasteiger partial charge < -0.3 is 9.84 Å². The Morgan fingerprint density at radius 3 is 2.55 bits per heavy atom. The Hall–Kier alpha value is -1.50. The molecule has 0 radical (unpaired) electrons. The van der Waals surface area contributed by atoms with Gasteiger partial charge in [-0.1, -0.05) is 30.9 Å². The molecule has 0 unspecified atom stereocenters. The number of hydrogen-bond acceptors (Lipinski definition) is 3. The molecule has 1 aromatic rings. The van der Waals surface area contributed by atoms with Crippen molar-refractivity contribution in [3.63, 3.8) is 0 Å². The molecule has 1 aromatic carbocycles. The molecule has 1 aliphatic carbocycles. The predicted molar refractivity (Wildman–Crippen MR) is 80.5 cm³/mol. The number of rotatable bonds is 6. The number of benzene rings is 1. The molecule has 2 rings (SSSR count). The van der Waals surface area contributed by atoms with Gasteiger partial charge in [-0.3, -0.25) is 4.90 Å². The molecule has 0 aromatic heterocycles. The smallest absolute Gasteiger partial charge is 0.148 e. The third kappa shape index (κ3) is 4.26. The highest BCUT2D eigenvalue weighted by molar-refractivity contribution is 5.27. The van der Waals surface area contributed by atoms with E-state index in [2.05, 4.69) is 17.9 Å². The first-order valence-corrected chi connectivity index (χ1v) is 7.17. The van der Waals surface area contributed by atoms with E-state index in [-0.39, 0.29) is 0 Å². The van der Waals surface area contributed by atoms with Gasteiger partial charge in [-0.2, -0.15) is 0 Å². The first-order valence-electron chi connectivity index (χ1n) is 7.17. The first-order chi connectivity index (χ1) is 9.61. The summed E-state index contributed by atoms with van der Waals surface area (Å²) >= 11 is 0. The van der Waals surface area contributed by atoms with Gasteiger partial charge in [-0.25, -0.2) is 0 Å². The van der Waals surface area contributed by atoms with Crippen molar-refractivity contribution >= 4 is 0 Å². The van der Waals surface area contributed by atoms with Gasteiger partial charge in [0.2, 0.25) is 0 Å². The van der Waals surface area contributed by atoms with Gasteiger partial charge in [0, 0.05) is 13.1 Å². The molecule has 1 aliphatic rings. The van der Waals surface area contributed by atoms with Gasteiger partial charge in [-0.15, -0.1) is 6.42 Å². The second kappa shape index (κ2) is 6.78. The Morgan fingerprint density at radius 2 is 1.95 bits per heavy atom. The molecule has 0 bridgehead atoms. The molecule has 3 nitrogen and oxygen atoms in total. The van der Waals surface area contributed by atoms with E-state index in [1.165, 1.54) is 5.56 Å². The summed E-state index contributed by atoms with van der Waals surface area (Å²) in [5, 5.41) is 10.4. The second-order valence-electron chi connectivity index (χ2n) is 5.74. The largest absolute Gasteiger partial charge is 0.481 e. The normalized spacial score (nSPS) is 17.1. The van der Waals surface area contributed by atoms with E-state index in [4.69, 9.17) is 11.2 Å². The molecule has 20 heavy (non-hydrogen) atoms. The van der Waals surface area contributed by atoms with Crippen LogP contribution in [0.5, 0.6) is 5.75 Å². The number of ether oxygens (including phenoxy) is 1. The van der Waals surface area contributed by atoms with Crippen molar-refractivity contribution in [2.24, 2.45) is 0 Å². The second-order valence-corrected chi connectivity index (χ2v) is 5.74. The lowest BCUT2D eigenvalue weighted by Gasteiger charge is -2.28. The number of hydrogen-bond donors (Lipinski definition) is 1. The van der Waals surface area contributed by atoms with Gasteiger partial charge in [0.25, 0.3) is 0 Å². The van der Waals surface area contributed by atoms with Crippen molar-refractivity contribution < 1.29 is 9.84 Å². The van der Waals surface area contributed by atoms with Gasteiger partial charge >= 0.3 is 0 Å². The molecule has 108 valence electrons. The monoisotopic (exact) mass is 273 g/mol. The van der Waals surface area contributed by atoms with Crippen LogP contribution in [-0.4, -0.2) is 35.8 Å². The van der Waals surface area contributed by atoms with E-state index in [0.29, 0.717) is 6.61 Å². The fourth-order valence-corrected chi connectivity index (χ4v) is 2.88. The third-order valence-corrected chi connectivity index (χ3v) is 3.80. The van der Waals surface area contributed by atoms with Crippen molar-refractivity contribution in [1.82, 2.24) is 4.90 Å². The van der Waals surface area contributed by atoms with Gasteiger partial charge in [0.1, 0.15) is 12.4 Å². The Balaban J connectivity index is 1.84. The summed E-state index contributed by atoms with van der Waals surface area (Å²) in [5.41, 5.74) is 0.729. The molecule has 3 heteroatoms. The molecule has 1 saturated carbocycles. The van der Waals surface area contributed by atoms with Crippen LogP contribution in [0.2, 0.25) is 0 Å². The standard InChI is InChI=1S/C17H23NO2/c1-3-12-20-16-8-6-15(7-9-16)13-18(2)14-17(19)10-4-5-11-17/h1,6-9,19H,4-5,10-14H2,2H3. The summed E-state index contributed by atoms with van der Waals surface area (Å²) < 4.78 is 5.35. The third-order valence-electron chi connectivity index (χ3n) is 3.80. The summed E-state index contributed by atoms with van der Waals surface area (Å²) in [4.78, 5) is 2.18. The zero-order valence-corrected chi connectivity index (χ0v) is 12.1. The Labute approximate surface area is 121 Å². The zero-order valence-electron chi connectivity index (χ0n) is 12.1. The van der Waals surface area contributed by atoms with Crippen LogP contribution in [-0.2, 0) is 6.54 Å². The summed E-state index contributed by atoms with van der Waals surface area (Å²) in [7, 11) is 2.05. The highest BCUT2D eigenvalue weighted by atomic mass is 16.5. The average Bonchev–Trinajstić information content (AvgIpc) is 2.84. The molecule has 0 aliphatic heterocycles. The van der Waals surface area contributed by atoms with Crippen LogP contribution in [0.1, 0.15) is 31.2 Å². The van der Waals surface area contributed by atoms with Gasteiger partial charge in [0.05, 0.1) is 5.60 Å². The van der Waals surface area contributed by atoms with Crippen molar-refractivity contribution in [3.8, 4) is 18.1 Å². The van der Waals surface area contributed by atoms with Crippen molar-refractivity contribution in [1.29, 1.82) is 0 Å². The van der Waals surface area contributed by atoms with Gasteiger partial charge in [-0.05, 0) is 37.6 Å². The lowest BCUT2D eigenvalue weighted by atomic mass is 10.0. The SMILES string of the molecule is C#CCOc1ccc(CN(C)CC2(O)CCCC2)cc1. The predicted octanol–water partition coefficient (Wildman–Crippen LogP) is 2.44. The molecule has 0 saturated heterocycles. The van der Waals surface area contributed by atoms with Crippen molar-refractivity contribution in [2.45, 2.75) is 37.8 Å². The molecular weight excluding hydrogens is 250 g/mol. The van der Waals surface area contributed by atoms with Gasteiger partial charge in [0.15, 0.2) is 0 Å². The summed E-state index contributed by atoms with van der Waals surface area (Å²) in [6.45, 7) is 1.87. The number of terminal acetylenes is 1. The van der Waals surface area contributed by atoms with E-state index in [0.717, 1.165) is 44.5 Å². The van der Waals surface area contributed by atoms with Crippen molar-refractivity contribution in [2.75, 3.05) is 20.2 Å². The zero-order chi connectivity index (χ0) is 14.4. The van der Waals surface area contributed by atoms with Crippen LogP contribution in [0.3, 0.4) is 0 Å². The summed E-state index contributed by atoms with van der Waals surface area (Å²) in [5.74, 6) is 3.24. The summed E-state index contributed by atoms with van der Waals surface area (Å²) in [6.07, 6.45) is 9.30. The lowest BCUT2D eigenvalue weighted by Crippen LogP contribution is -2.38. The topological polar surface area (TPSA) is 32.7 Å². The highest BCUT2D eigenvalue weighted by Gasteiger charge is 2.31. The number of aliphatic hydroxyl groups is 1. The molecule has 0 spiro atoms. The van der Waals surface area contributed by atoms with E-state index in [1.807, 2.05) is 24.3 Å². The summed E-state index contributed by atoms with van der Waals surface area (Å²) in [6, 6.07) is 7.96. The fraction of sp³-hybridized carbons (Fsp3) is 0.529. The van der Waals surface area contributed by atoms with Crippen molar-refractivity contribution in [3.05, 3.63) is 29.8 Å². The lowest BCUT2D eigenvalue weighted by molar-refractivity contribution is 0.0145. The van der Waals surface area contributed by atoms with Crippen LogP contribution in [0.15, 0.2) is 24.3 Å². The molecule has 0 atom stereocenters. The van der Waals surface area contributed by atoms with Crippen LogP contribution >= 0.6 is 0 Å². The Kier molecular flexibility index (Phi) is 5.05. The Bertz CT molecular complexity index is 455. The quantitative estimate of drug-likeness (QED) is 0.808. The van der Waals surface area contributed by atoms with E-state index in [1.54, 1.807) is 0 Å². The number of nitrogens with zero attached hydrogens (tertiary/aromatic N) is 1. The molecule has 0 amide bonds. The van der Waals surface area contributed by atoms with E-state index in [9.17, 15) is 5.11 Å². The van der Waals surface area contributed by atoms with E-state index >= 15 is 0 Å². The van der Waals surface area contributed by atoms with Crippen LogP contribution in [0.25, 0.3) is 0 Å². The minimum atomic E-state index is -0.482. The maximum Gasteiger partial charge on any atom is 0.148 e. The fourth-order valence-electron chi connectivity index (χ4n) is 2.88.